The highest BCUT2D eigenvalue weighted by Crippen LogP contribution is 2.29. The molecule has 2 N–H and O–H groups in total. The number of rotatable bonds is 3. The van der Waals surface area contributed by atoms with Gasteiger partial charge in [0.2, 0.25) is 0 Å². The van der Waals surface area contributed by atoms with Gasteiger partial charge in [-0.05, 0) is 23.6 Å². The maximum Gasteiger partial charge on any atom is 0.319 e. The van der Waals surface area contributed by atoms with Crippen LogP contribution in [0.4, 0.5) is 10.5 Å². The van der Waals surface area contributed by atoms with Crippen LogP contribution in [0, 0.1) is 0 Å². The van der Waals surface area contributed by atoms with Crippen molar-refractivity contribution >= 4 is 46.3 Å². The van der Waals surface area contributed by atoms with Gasteiger partial charge in [0.05, 0.1) is 22.3 Å². The molecule has 0 radical (unpaired) electrons. The van der Waals surface area contributed by atoms with Crippen LogP contribution in [0.25, 0.3) is 0 Å². The second kappa shape index (κ2) is 6.09. The summed E-state index contributed by atoms with van der Waals surface area (Å²) in [6.45, 7) is 0.488. The molecule has 0 fully saturated rings. The molecule has 1 aromatic carbocycles. The molecule has 3 nitrogen and oxygen atoms in total. The van der Waals surface area contributed by atoms with Crippen LogP contribution in [-0.2, 0) is 6.54 Å². The lowest BCUT2D eigenvalue weighted by Crippen LogP contribution is -2.27. The van der Waals surface area contributed by atoms with Crippen LogP contribution in [0.1, 0.15) is 4.88 Å². The highest BCUT2D eigenvalue weighted by atomic mass is 35.5. The zero-order valence-corrected chi connectivity index (χ0v) is 11.6. The van der Waals surface area contributed by atoms with Gasteiger partial charge in [0.15, 0.2) is 0 Å². The van der Waals surface area contributed by atoms with Crippen LogP contribution < -0.4 is 10.6 Å². The molecule has 94 valence electrons. The molecule has 1 aromatic heterocycles. The Bertz CT molecular complexity index is 543. The number of thiophene rings is 1. The topological polar surface area (TPSA) is 41.1 Å². The number of carbonyl (C=O) groups is 1. The molecular weight excluding hydrogens is 291 g/mol. The predicted molar refractivity (Wildman–Crippen MR) is 76.6 cm³/mol. The molecule has 0 bridgehead atoms. The number of anilines is 1. The van der Waals surface area contributed by atoms with E-state index < -0.39 is 0 Å². The second-order valence-corrected chi connectivity index (χ2v) is 5.31. The summed E-state index contributed by atoms with van der Waals surface area (Å²) >= 11 is 13.4. The molecule has 18 heavy (non-hydrogen) atoms. The Kier molecular flexibility index (Phi) is 4.47. The molecule has 0 aliphatic heterocycles. The molecule has 2 amide bonds. The maximum atomic E-state index is 11.7. The third kappa shape index (κ3) is 3.38. The van der Waals surface area contributed by atoms with Crippen molar-refractivity contribution in [3.8, 4) is 0 Å². The first-order valence-corrected chi connectivity index (χ1v) is 6.81. The fourth-order valence-corrected chi connectivity index (χ4v) is 2.34. The number of hydrogen-bond donors (Lipinski definition) is 2. The lowest BCUT2D eigenvalue weighted by molar-refractivity contribution is 0.252. The van der Waals surface area contributed by atoms with Gasteiger partial charge in [-0.25, -0.2) is 4.79 Å². The van der Waals surface area contributed by atoms with E-state index in [1.807, 2.05) is 17.5 Å². The van der Waals surface area contributed by atoms with Gasteiger partial charge in [0.1, 0.15) is 0 Å². The number of benzene rings is 1. The Hall–Kier alpha value is -1.23. The molecule has 0 saturated carbocycles. The molecular formula is C12H10Cl2N2OS. The van der Waals surface area contributed by atoms with E-state index in [4.69, 9.17) is 23.2 Å². The fourth-order valence-electron chi connectivity index (χ4n) is 1.35. The number of amides is 2. The van der Waals surface area contributed by atoms with Crippen LogP contribution in [0.15, 0.2) is 35.7 Å². The third-order valence-corrected chi connectivity index (χ3v) is 3.90. The molecule has 1 heterocycles. The lowest BCUT2D eigenvalue weighted by atomic mass is 10.3. The average Bonchev–Trinajstić information content (AvgIpc) is 2.86. The summed E-state index contributed by atoms with van der Waals surface area (Å²) in [4.78, 5) is 12.7. The van der Waals surface area contributed by atoms with E-state index in [9.17, 15) is 4.79 Å². The highest BCUT2D eigenvalue weighted by molar-refractivity contribution is 7.09. The number of carbonyl (C=O) groups excluding carboxylic acids is 1. The molecule has 2 aromatic rings. The molecule has 0 atom stereocenters. The van der Waals surface area contributed by atoms with Crippen LogP contribution in [0.3, 0.4) is 0 Å². The van der Waals surface area contributed by atoms with E-state index >= 15 is 0 Å². The summed E-state index contributed by atoms with van der Waals surface area (Å²) in [5.41, 5.74) is 0.493. The predicted octanol–water partition coefficient (Wildman–Crippen LogP) is 4.38. The summed E-state index contributed by atoms with van der Waals surface area (Å²) in [6.07, 6.45) is 0. The van der Waals surface area contributed by atoms with Crippen LogP contribution in [0.2, 0.25) is 10.0 Å². The molecule has 2 rings (SSSR count). The van der Waals surface area contributed by atoms with Gasteiger partial charge >= 0.3 is 6.03 Å². The number of hydrogen-bond acceptors (Lipinski definition) is 2. The Morgan fingerprint density at radius 1 is 1.22 bits per heavy atom. The van der Waals surface area contributed by atoms with Gasteiger partial charge in [0, 0.05) is 4.88 Å². The summed E-state index contributed by atoms with van der Waals surface area (Å²) in [5, 5.41) is 8.10. The maximum absolute atomic E-state index is 11.7. The van der Waals surface area contributed by atoms with Gasteiger partial charge in [-0.15, -0.1) is 11.3 Å². The third-order valence-electron chi connectivity index (χ3n) is 2.20. The Labute approximate surface area is 119 Å². The van der Waals surface area contributed by atoms with Gasteiger partial charge in [0.25, 0.3) is 0 Å². The van der Waals surface area contributed by atoms with Crippen molar-refractivity contribution in [2.24, 2.45) is 0 Å². The van der Waals surface area contributed by atoms with Crippen molar-refractivity contribution in [3.63, 3.8) is 0 Å². The molecule has 6 heteroatoms. The van der Waals surface area contributed by atoms with E-state index in [0.717, 1.165) is 4.88 Å². The van der Waals surface area contributed by atoms with Crippen LogP contribution >= 0.6 is 34.5 Å². The monoisotopic (exact) mass is 300 g/mol. The summed E-state index contributed by atoms with van der Waals surface area (Å²) in [5.74, 6) is 0. The summed E-state index contributed by atoms with van der Waals surface area (Å²) < 4.78 is 0. The second-order valence-electron chi connectivity index (χ2n) is 3.49. The SMILES string of the molecule is O=C(NCc1cccs1)Nc1cccc(Cl)c1Cl. The van der Waals surface area contributed by atoms with Gasteiger partial charge in [-0.1, -0.05) is 35.3 Å². The van der Waals surface area contributed by atoms with E-state index in [1.54, 1.807) is 29.5 Å². The van der Waals surface area contributed by atoms with Crippen LogP contribution in [0.5, 0.6) is 0 Å². The first-order chi connectivity index (χ1) is 8.66. The minimum Gasteiger partial charge on any atom is -0.333 e. The van der Waals surface area contributed by atoms with Crippen molar-refractivity contribution < 1.29 is 4.79 Å². The first kappa shape index (κ1) is 13.2. The zero-order chi connectivity index (χ0) is 13.0. The van der Waals surface area contributed by atoms with Crippen LogP contribution in [-0.4, -0.2) is 6.03 Å². The zero-order valence-electron chi connectivity index (χ0n) is 9.24. The average molecular weight is 301 g/mol. The van der Waals surface area contributed by atoms with E-state index in [1.165, 1.54) is 0 Å². The Morgan fingerprint density at radius 2 is 2.06 bits per heavy atom. The molecule has 0 aliphatic rings. The van der Waals surface area contributed by atoms with E-state index in [-0.39, 0.29) is 6.03 Å². The van der Waals surface area contributed by atoms with E-state index in [0.29, 0.717) is 22.3 Å². The number of urea groups is 1. The smallest absolute Gasteiger partial charge is 0.319 e. The van der Waals surface area contributed by atoms with Gasteiger partial charge < -0.3 is 10.6 Å². The fraction of sp³-hybridized carbons (Fsp3) is 0.0833. The number of nitrogens with one attached hydrogen (secondary N) is 2. The molecule has 0 unspecified atom stereocenters. The molecule has 0 aliphatic carbocycles. The molecule has 0 saturated heterocycles. The van der Waals surface area contributed by atoms with Gasteiger partial charge in [-0.3, -0.25) is 0 Å². The van der Waals surface area contributed by atoms with Gasteiger partial charge in [-0.2, -0.15) is 0 Å². The first-order valence-electron chi connectivity index (χ1n) is 5.18. The Morgan fingerprint density at radius 3 is 2.78 bits per heavy atom. The van der Waals surface area contributed by atoms with E-state index in [2.05, 4.69) is 10.6 Å². The Balaban J connectivity index is 1.93. The quantitative estimate of drug-likeness (QED) is 0.868. The van der Waals surface area contributed by atoms with Crippen molar-refractivity contribution in [1.82, 2.24) is 5.32 Å². The summed E-state index contributed by atoms with van der Waals surface area (Å²) in [6, 6.07) is 8.67. The van der Waals surface area contributed by atoms with Crippen molar-refractivity contribution in [2.75, 3.05) is 5.32 Å². The largest absolute Gasteiger partial charge is 0.333 e. The minimum atomic E-state index is -0.312. The normalized spacial score (nSPS) is 10.1. The van der Waals surface area contributed by atoms with Crippen molar-refractivity contribution in [1.29, 1.82) is 0 Å². The molecule has 0 spiro atoms. The lowest BCUT2D eigenvalue weighted by Gasteiger charge is -2.09. The minimum absolute atomic E-state index is 0.312. The number of halogens is 2. The summed E-state index contributed by atoms with van der Waals surface area (Å²) in [7, 11) is 0. The standard InChI is InChI=1S/C12H10Cl2N2OS/c13-9-4-1-5-10(11(9)14)16-12(17)15-7-8-3-2-6-18-8/h1-6H,7H2,(H2,15,16,17). The highest BCUT2D eigenvalue weighted by Gasteiger charge is 2.07. The van der Waals surface area contributed by atoms with Crippen molar-refractivity contribution in [3.05, 3.63) is 50.6 Å². The van der Waals surface area contributed by atoms with Crippen molar-refractivity contribution in [2.45, 2.75) is 6.54 Å².